The summed E-state index contributed by atoms with van der Waals surface area (Å²) in [4.78, 5) is 39.1. The molecular weight excluding hydrogens is 300 g/mol. The summed E-state index contributed by atoms with van der Waals surface area (Å²) in [5.74, 6) is 0.316. The Morgan fingerprint density at radius 2 is 2.17 bits per heavy atom. The molecule has 2 N–H and O–H groups in total. The third-order valence-corrected chi connectivity index (χ3v) is 4.03. The number of ether oxygens (including phenoxy) is 1. The second-order valence-corrected chi connectivity index (χ2v) is 5.43. The van der Waals surface area contributed by atoms with Gasteiger partial charge in [0.2, 0.25) is 11.8 Å². The highest BCUT2D eigenvalue weighted by molar-refractivity contribution is 5.96. The lowest BCUT2D eigenvalue weighted by Crippen LogP contribution is -2.66. The van der Waals surface area contributed by atoms with Crippen LogP contribution in [-0.4, -0.2) is 67.0 Å². The molecular formula is C15H18N4O4. The Kier molecular flexibility index (Phi) is 4.05. The first-order valence-electron chi connectivity index (χ1n) is 7.35. The molecule has 0 aromatic heterocycles. The van der Waals surface area contributed by atoms with Gasteiger partial charge in [-0.05, 0) is 12.1 Å². The van der Waals surface area contributed by atoms with Gasteiger partial charge < -0.3 is 25.2 Å². The van der Waals surface area contributed by atoms with E-state index in [4.69, 9.17) is 4.74 Å². The molecule has 0 spiro atoms. The molecule has 1 unspecified atom stereocenters. The summed E-state index contributed by atoms with van der Waals surface area (Å²) in [7, 11) is 1.55. The minimum absolute atomic E-state index is 0.0331. The van der Waals surface area contributed by atoms with Crippen molar-refractivity contribution in [3.8, 4) is 5.75 Å². The van der Waals surface area contributed by atoms with Gasteiger partial charge in [0.1, 0.15) is 11.8 Å². The second-order valence-electron chi connectivity index (χ2n) is 5.43. The minimum Gasteiger partial charge on any atom is -0.497 e. The van der Waals surface area contributed by atoms with Crippen molar-refractivity contribution in [2.24, 2.45) is 0 Å². The van der Waals surface area contributed by atoms with Crippen LogP contribution in [0.4, 0.5) is 10.5 Å². The molecule has 8 heteroatoms. The van der Waals surface area contributed by atoms with E-state index in [1.165, 1.54) is 4.90 Å². The number of carbonyl (C=O) groups excluding carboxylic acids is 3. The van der Waals surface area contributed by atoms with E-state index in [-0.39, 0.29) is 30.9 Å². The van der Waals surface area contributed by atoms with Crippen molar-refractivity contribution in [3.63, 3.8) is 0 Å². The molecule has 2 saturated heterocycles. The lowest BCUT2D eigenvalue weighted by atomic mass is 10.1. The zero-order valence-corrected chi connectivity index (χ0v) is 12.7. The summed E-state index contributed by atoms with van der Waals surface area (Å²) in [5.41, 5.74) is 0.612. The maximum atomic E-state index is 12.4. The Morgan fingerprint density at radius 1 is 1.35 bits per heavy atom. The van der Waals surface area contributed by atoms with Crippen LogP contribution in [0.15, 0.2) is 24.3 Å². The lowest BCUT2D eigenvalue weighted by Gasteiger charge is -2.42. The molecule has 3 rings (SSSR count). The smallest absolute Gasteiger partial charge is 0.321 e. The highest BCUT2D eigenvalue weighted by Gasteiger charge is 2.39. The summed E-state index contributed by atoms with van der Waals surface area (Å²) >= 11 is 0. The fraction of sp³-hybridized carbons (Fsp3) is 0.400. The van der Waals surface area contributed by atoms with Gasteiger partial charge in [-0.25, -0.2) is 4.79 Å². The standard InChI is InChI=1S/C15H18N4O4/c1-23-11-4-2-3-10(7-11)17-15(22)18-5-6-19-12(9-18)14(21)16-8-13(19)20/h2-4,7,12H,5-6,8-9H2,1H3,(H,16,21)(H,17,22). The SMILES string of the molecule is COc1cccc(NC(=O)N2CCN3C(=O)CNC(=O)C3C2)c1. The van der Waals surface area contributed by atoms with E-state index >= 15 is 0 Å². The zero-order valence-electron chi connectivity index (χ0n) is 12.7. The predicted octanol–water partition coefficient (Wildman–Crippen LogP) is -0.130. The molecule has 2 fully saturated rings. The first-order chi connectivity index (χ1) is 11.1. The number of nitrogens with one attached hydrogen (secondary N) is 2. The molecule has 1 aromatic rings. The fourth-order valence-corrected chi connectivity index (χ4v) is 2.78. The average Bonchev–Trinajstić information content (AvgIpc) is 2.58. The van der Waals surface area contributed by atoms with Crippen LogP contribution in [0.3, 0.4) is 0 Å². The summed E-state index contributed by atoms with van der Waals surface area (Å²) in [6, 6.07) is 6.12. The average molecular weight is 318 g/mol. The molecule has 2 heterocycles. The molecule has 2 aliphatic rings. The van der Waals surface area contributed by atoms with Gasteiger partial charge >= 0.3 is 6.03 Å². The number of rotatable bonds is 2. The highest BCUT2D eigenvalue weighted by Crippen LogP contribution is 2.18. The van der Waals surface area contributed by atoms with Gasteiger partial charge in [0.25, 0.3) is 0 Å². The number of piperazine rings is 2. The van der Waals surface area contributed by atoms with Crippen LogP contribution in [0.25, 0.3) is 0 Å². The molecule has 2 aliphatic heterocycles. The van der Waals surface area contributed by atoms with Gasteiger partial charge in [0, 0.05) is 24.8 Å². The van der Waals surface area contributed by atoms with Crippen LogP contribution < -0.4 is 15.4 Å². The normalized spacial score (nSPS) is 20.7. The van der Waals surface area contributed by atoms with Crippen LogP contribution >= 0.6 is 0 Å². The Hall–Kier alpha value is -2.77. The zero-order chi connectivity index (χ0) is 16.4. The maximum Gasteiger partial charge on any atom is 0.321 e. The number of anilines is 1. The second kappa shape index (κ2) is 6.15. The number of hydrogen-bond acceptors (Lipinski definition) is 4. The number of carbonyl (C=O) groups is 3. The minimum atomic E-state index is -0.610. The van der Waals surface area contributed by atoms with E-state index in [9.17, 15) is 14.4 Å². The van der Waals surface area contributed by atoms with Gasteiger partial charge in [-0.15, -0.1) is 0 Å². The molecule has 122 valence electrons. The Labute approximate surface area is 133 Å². The Bertz CT molecular complexity index is 648. The topological polar surface area (TPSA) is 91.0 Å². The predicted molar refractivity (Wildman–Crippen MR) is 82.1 cm³/mol. The number of methoxy groups -OCH3 is 1. The molecule has 4 amide bonds. The van der Waals surface area contributed by atoms with E-state index in [1.807, 2.05) is 0 Å². The number of amides is 4. The number of fused-ring (bicyclic) bond motifs is 1. The largest absolute Gasteiger partial charge is 0.497 e. The van der Waals surface area contributed by atoms with Crippen LogP contribution in [-0.2, 0) is 9.59 Å². The monoisotopic (exact) mass is 318 g/mol. The molecule has 0 saturated carbocycles. The maximum absolute atomic E-state index is 12.4. The Balaban J connectivity index is 1.66. The fourth-order valence-electron chi connectivity index (χ4n) is 2.78. The molecule has 0 aliphatic carbocycles. The van der Waals surface area contributed by atoms with Crippen LogP contribution in [0, 0.1) is 0 Å². The van der Waals surface area contributed by atoms with E-state index in [0.717, 1.165) is 0 Å². The molecule has 1 aromatic carbocycles. The third-order valence-electron chi connectivity index (χ3n) is 4.03. The van der Waals surface area contributed by atoms with Crippen LogP contribution in [0.5, 0.6) is 5.75 Å². The van der Waals surface area contributed by atoms with E-state index in [2.05, 4.69) is 10.6 Å². The number of urea groups is 1. The molecule has 23 heavy (non-hydrogen) atoms. The van der Waals surface area contributed by atoms with Crippen LogP contribution in [0.2, 0.25) is 0 Å². The van der Waals surface area contributed by atoms with E-state index in [1.54, 1.807) is 36.3 Å². The quantitative estimate of drug-likeness (QED) is 0.795. The summed E-state index contributed by atoms with van der Waals surface area (Å²) in [6.45, 7) is 0.979. The van der Waals surface area contributed by atoms with E-state index in [0.29, 0.717) is 24.5 Å². The molecule has 0 radical (unpaired) electrons. The van der Waals surface area contributed by atoms with Crippen molar-refractivity contribution in [1.29, 1.82) is 0 Å². The van der Waals surface area contributed by atoms with E-state index < -0.39 is 6.04 Å². The van der Waals surface area contributed by atoms with Gasteiger partial charge in [-0.2, -0.15) is 0 Å². The van der Waals surface area contributed by atoms with Crippen molar-refractivity contribution >= 4 is 23.5 Å². The van der Waals surface area contributed by atoms with Gasteiger partial charge in [-0.3, -0.25) is 9.59 Å². The van der Waals surface area contributed by atoms with Crippen molar-refractivity contribution in [1.82, 2.24) is 15.1 Å². The first-order valence-corrected chi connectivity index (χ1v) is 7.35. The third kappa shape index (κ3) is 3.05. The van der Waals surface area contributed by atoms with Gasteiger partial charge in [0.05, 0.1) is 20.2 Å². The van der Waals surface area contributed by atoms with Gasteiger partial charge in [-0.1, -0.05) is 6.07 Å². The number of benzene rings is 1. The lowest BCUT2D eigenvalue weighted by molar-refractivity contribution is -0.148. The molecule has 8 nitrogen and oxygen atoms in total. The Morgan fingerprint density at radius 3 is 2.96 bits per heavy atom. The van der Waals surface area contributed by atoms with Crippen molar-refractivity contribution in [2.45, 2.75) is 6.04 Å². The van der Waals surface area contributed by atoms with Crippen molar-refractivity contribution in [3.05, 3.63) is 24.3 Å². The summed E-state index contributed by atoms with van der Waals surface area (Å²) in [5, 5.41) is 5.33. The van der Waals surface area contributed by atoms with Gasteiger partial charge in [0.15, 0.2) is 0 Å². The van der Waals surface area contributed by atoms with Crippen LogP contribution in [0.1, 0.15) is 0 Å². The first kappa shape index (κ1) is 15.1. The number of hydrogen-bond donors (Lipinski definition) is 2. The highest BCUT2D eigenvalue weighted by atomic mass is 16.5. The summed E-state index contributed by atoms with van der Waals surface area (Å²) < 4.78 is 5.12. The molecule has 1 atom stereocenters. The van der Waals surface area contributed by atoms with Crippen molar-refractivity contribution < 1.29 is 19.1 Å². The summed E-state index contributed by atoms with van der Waals surface area (Å²) in [6.07, 6.45) is 0. The van der Waals surface area contributed by atoms with Crippen molar-refractivity contribution in [2.75, 3.05) is 38.6 Å². The molecule has 0 bridgehead atoms. The number of nitrogens with zero attached hydrogens (tertiary/aromatic N) is 2.